The molecule has 0 bridgehead atoms. The Balaban J connectivity index is 1.88. The highest BCUT2D eigenvalue weighted by atomic mass is 35.5. The van der Waals surface area contributed by atoms with Gasteiger partial charge in [-0.3, -0.25) is 10.2 Å². The van der Waals surface area contributed by atoms with E-state index in [0.717, 1.165) is 30.1 Å². The van der Waals surface area contributed by atoms with E-state index >= 15 is 0 Å². The zero-order chi connectivity index (χ0) is 16.8. The van der Waals surface area contributed by atoms with Crippen molar-refractivity contribution in [1.82, 2.24) is 21.1 Å². The molecule has 0 aliphatic carbocycles. The Hall–Kier alpha value is -1.14. The Labute approximate surface area is 143 Å². The topological polar surface area (TPSA) is 56.4 Å². The molecule has 0 saturated carbocycles. The van der Waals surface area contributed by atoms with Gasteiger partial charge in [-0.15, -0.1) is 0 Å². The van der Waals surface area contributed by atoms with E-state index in [1.54, 1.807) is 0 Å². The van der Waals surface area contributed by atoms with Crippen molar-refractivity contribution >= 4 is 17.5 Å². The van der Waals surface area contributed by atoms with E-state index in [0.29, 0.717) is 6.42 Å². The van der Waals surface area contributed by atoms with Crippen LogP contribution in [0.5, 0.6) is 0 Å². The lowest BCUT2D eigenvalue weighted by molar-refractivity contribution is -0.122. The number of hydrogen-bond donors (Lipinski definition) is 3. The Morgan fingerprint density at radius 1 is 1.26 bits per heavy atom. The quantitative estimate of drug-likeness (QED) is 0.665. The van der Waals surface area contributed by atoms with Gasteiger partial charge in [0.2, 0.25) is 5.91 Å². The molecule has 0 aromatic heterocycles. The molecular weight excluding hydrogens is 312 g/mol. The third kappa shape index (κ3) is 5.46. The fourth-order valence-electron chi connectivity index (χ4n) is 2.93. The van der Waals surface area contributed by atoms with Crippen LogP contribution < -0.4 is 16.2 Å². The fraction of sp³-hybridized carbons (Fsp3) is 0.588. The minimum absolute atomic E-state index is 0.116. The molecule has 1 aliphatic rings. The highest BCUT2D eigenvalue weighted by Gasteiger charge is 2.35. The monoisotopic (exact) mass is 338 g/mol. The van der Waals surface area contributed by atoms with Crippen LogP contribution in [0.3, 0.4) is 0 Å². The molecule has 1 aromatic carbocycles. The minimum atomic E-state index is 0.116. The molecule has 1 heterocycles. The first-order chi connectivity index (χ1) is 11.0. The number of halogens is 1. The van der Waals surface area contributed by atoms with Crippen molar-refractivity contribution in [2.45, 2.75) is 31.8 Å². The molecule has 1 aromatic rings. The van der Waals surface area contributed by atoms with Crippen LogP contribution in [0.4, 0.5) is 0 Å². The van der Waals surface area contributed by atoms with Crippen LogP contribution in [-0.2, 0) is 4.79 Å². The summed E-state index contributed by atoms with van der Waals surface area (Å²) in [7, 11) is 4.08. The largest absolute Gasteiger partial charge is 0.356 e. The summed E-state index contributed by atoms with van der Waals surface area (Å²) in [5.41, 5.74) is 7.70. The first kappa shape index (κ1) is 18.2. The van der Waals surface area contributed by atoms with E-state index < -0.39 is 0 Å². The van der Waals surface area contributed by atoms with Gasteiger partial charge in [0, 0.05) is 29.9 Å². The summed E-state index contributed by atoms with van der Waals surface area (Å²) in [6.07, 6.45) is 1.48. The van der Waals surface area contributed by atoms with Crippen molar-refractivity contribution < 1.29 is 4.79 Å². The molecule has 1 aliphatic heterocycles. The summed E-state index contributed by atoms with van der Waals surface area (Å²) >= 11 is 5.96. The Bertz CT molecular complexity index is 506. The lowest BCUT2D eigenvalue weighted by Crippen LogP contribution is -2.32. The van der Waals surface area contributed by atoms with Gasteiger partial charge in [-0.05, 0) is 51.7 Å². The van der Waals surface area contributed by atoms with Crippen LogP contribution in [0, 0.1) is 5.92 Å². The molecule has 1 saturated heterocycles. The second-order valence-corrected chi connectivity index (χ2v) is 6.92. The molecule has 3 atom stereocenters. The summed E-state index contributed by atoms with van der Waals surface area (Å²) in [5.74, 6) is 0.329. The van der Waals surface area contributed by atoms with Crippen molar-refractivity contribution in [3.8, 4) is 0 Å². The summed E-state index contributed by atoms with van der Waals surface area (Å²) < 4.78 is 0. The third-order valence-corrected chi connectivity index (χ3v) is 4.54. The summed E-state index contributed by atoms with van der Waals surface area (Å²) in [4.78, 5) is 14.3. The molecule has 3 N–H and O–H groups in total. The van der Waals surface area contributed by atoms with Gasteiger partial charge in [-0.25, -0.2) is 5.43 Å². The Morgan fingerprint density at radius 2 is 1.96 bits per heavy atom. The molecule has 3 unspecified atom stereocenters. The van der Waals surface area contributed by atoms with Crippen molar-refractivity contribution in [2.75, 3.05) is 27.2 Å². The number of nitrogens with zero attached hydrogens (tertiary/aromatic N) is 1. The maximum atomic E-state index is 12.2. The van der Waals surface area contributed by atoms with Crippen LogP contribution in [-0.4, -0.2) is 44.0 Å². The van der Waals surface area contributed by atoms with Gasteiger partial charge in [-0.1, -0.05) is 23.7 Å². The van der Waals surface area contributed by atoms with Crippen molar-refractivity contribution in [3.63, 3.8) is 0 Å². The molecule has 6 heteroatoms. The number of carbonyl (C=O) groups is 1. The average Bonchev–Trinajstić information content (AvgIpc) is 2.86. The van der Waals surface area contributed by atoms with Crippen molar-refractivity contribution in [1.29, 1.82) is 0 Å². The fourth-order valence-corrected chi connectivity index (χ4v) is 3.05. The molecular formula is C17H27ClN4O. The zero-order valence-corrected chi connectivity index (χ0v) is 14.9. The first-order valence-electron chi connectivity index (χ1n) is 8.15. The van der Waals surface area contributed by atoms with Crippen molar-refractivity contribution in [2.24, 2.45) is 5.92 Å². The van der Waals surface area contributed by atoms with E-state index in [4.69, 9.17) is 11.6 Å². The number of amides is 1. The molecule has 23 heavy (non-hydrogen) atoms. The lowest BCUT2D eigenvalue weighted by Gasteiger charge is -2.21. The number of rotatable bonds is 7. The number of carbonyl (C=O) groups excluding carboxylic acids is 1. The average molecular weight is 339 g/mol. The predicted octanol–water partition coefficient (Wildman–Crippen LogP) is 1.95. The molecule has 5 nitrogen and oxygen atoms in total. The van der Waals surface area contributed by atoms with Crippen LogP contribution in [0.1, 0.15) is 31.4 Å². The van der Waals surface area contributed by atoms with Gasteiger partial charge < -0.3 is 10.2 Å². The summed E-state index contributed by atoms with van der Waals surface area (Å²) in [6.45, 7) is 3.81. The molecule has 2 rings (SSSR count). The number of hydrogen-bond acceptors (Lipinski definition) is 4. The smallest absolute Gasteiger partial charge is 0.220 e. The van der Waals surface area contributed by atoms with E-state index in [-0.39, 0.29) is 23.9 Å². The second-order valence-electron chi connectivity index (χ2n) is 6.48. The third-order valence-electron chi connectivity index (χ3n) is 4.29. The summed E-state index contributed by atoms with van der Waals surface area (Å²) in [6, 6.07) is 8.17. The predicted molar refractivity (Wildman–Crippen MR) is 94.2 cm³/mol. The number of nitrogens with one attached hydrogen (secondary N) is 3. The van der Waals surface area contributed by atoms with E-state index in [9.17, 15) is 4.79 Å². The maximum absolute atomic E-state index is 12.2. The van der Waals surface area contributed by atoms with Gasteiger partial charge >= 0.3 is 0 Å². The van der Waals surface area contributed by atoms with Crippen molar-refractivity contribution in [3.05, 3.63) is 34.9 Å². The van der Waals surface area contributed by atoms with Gasteiger partial charge in [0.1, 0.15) is 0 Å². The van der Waals surface area contributed by atoms with Crippen LogP contribution in [0.25, 0.3) is 0 Å². The summed E-state index contributed by atoms with van der Waals surface area (Å²) in [5, 5.41) is 3.75. The van der Waals surface area contributed by atoms with E-state index in [1.807, 2.05) is 38.4 Å². The molecule has 0 radical (unpaired) electrons. The van der Waals surface area contributed by atoms with Crippen LogP contribution in [0.2, 0.25) is 5.02 Å². The van der Waals surface area contributed by atoms with Crippen LogP contribution in [0.15, 0.2) is 24.3 Å². The second kappa shape index (κ2) is 8.64. The Morgan fingerprint density at radius 3 is 2.61 bits per heavy atom. The highest BCUT2D eigenvalue weighted by Crippen LogP contribution is 2.31. The van der Waals surface area contributed by atoms with Gasteiger partial charge in [0.05, 0.1) is 6.04 Å². The zero-order valence-electron chi connectivity index (χ0n) is 14.1. The van der Waals surface area contributed by atoms with Gasteiger partial charge in [0.15, 0.2) is 0 Å². The minimum Gasteiger partial charge on any atom is -0.356 e. The highest BCUT2D eigenvalue weighted by molar-refractivity contribution is 6.30. The number of benzene rings is 1. The standard InChI is InChI=1S/C17H27ClN4O/c1-12-15(11-16(23)19-9-4-10-22(2)3)17(21-20-12)13-5-7-14(18)8-6-13/h5-8,12,15,17,20-21H,4,9-11H2,1-3H3,(H,19,23). The number of hydrazine groups is 1. The Kier molecular flexibility index (Phi) is 6.84. The van der Waals surface area contributed by atoms with E-state index in [1.165, 1.54) is 0 Å². The van der Waals surface area contributed by atoms with Gasteiger partial charge in [0.25, 0.3) is 0 Å². The lowest BCUT2D eigenvalue weighted by atomic mass is 9.87. The normalized spacial score (nSPS) is 24.1. The molecule has 128 valence electrons. The molecule has 0 spiro atoms. The molecule has 1 fully saturated rings. The SMILES string of the molecule is CC1NNC(c2ccc(Cl)cc2)C1CC(=O)NCCCN(C)C. The van der Waals surface area contributed by atoms with Gasteiger partial charge in [-0.2, -0.15) is 0 Å². The van der Waals surface area contributed by atoms with E-state index in [2.05, 4.69) is 28.0 Å². The van der Waals surface area contributed by atoms with Crippen LogP contribution >= 0.6 is 11.6 Å². The maximum Gasteiger partial charge on any atom is 0.220 e. The molecule has 1 amide bonds. The first-order valence-corrected chi connectivity index (χ1v) is 8.53.